The molecule has 0 aliphatic rings. The van der Waals surface area contributed by atoms with Crippen molar-refractivity contribution in [3.05, 3.63) is 50.6 Å². The Morgan fingerprint density at radius 3 is 2.74 bits per heavy atom. The number of nitrogens with one attached hydrogen (secondary N) is 1. The number of hydrazone groups is 1. The second-order valence-corrected chi connectivity index (χ2v) is 4.31. The molecule has 0 unspecified atom stereocenters. The first kappa shape index (κ1) is 18.2. The average molecular weight is 324 g/mol. The van der Waals surface area contributed by atoms with Crippen LogP contribution >= 0.6 is 0 Å². The lowest BCUT2D eigenvalue weighted by atomic mass is 10.2. The molecule has 0 fully saturated rings. The number of hydrogen-bond donors (Lipinski definition) is 1. The van der Waals surface area contributed by atoms with Crippen LogP contribution in [0.25, 0.3) is 0 Å². The van der Waals surface area contributed by atoms with E-state index in [0.29, 0.717) is 18.6 Å². The number of methoxy groups -OCH3 is 1. The Labute approximate surface area is 131 Å². The highest BCUT2D eigenvalue weighted by Gasteiger charge is 2.18. The third kappa shape index (κ3) is 6.20. The molecule has 1 aromatic rings. The second kappa shape index (κ2) is 9.23. The molecule has 0 aromatic heterocycles. The fourth-order valence-electron chi connectivity index (χ4n) is 1.48. The first-order valence-corrected chi connectivity index (χ1v) is 6.42. The smallest absolute Gasteiger partial charge is 0.301 e. The zero-order chi connectivity index (χ0) is 17.2. The van der Waals surface area contributed by atoms with E-state index in [4.69, 9.17) is 9.47 Å². The summed E-state index contributed by atoms with van der Waals surface area (Å²) in [5.74, 6) is 0. The number of hydrogen-bond acceptors (Lipinski definition) is 8. The number of nitro groups is 2. The van der Waals surface area contributed by atoms with Crippen molar-refractivity contribution in [3.8, 4) is 0 Å². The Balaban J connectivity index is 2.66. The number of ether oxygens (including phenoxy) is 2. The summed E-state index contributed by atoms with van der Waals surface area (Å²) in [6, 6.07) is 3.24. The summed E-state index contributed by atoms with van der Waals surface area (Å²) in [5.41, 5.74) is 2.34. The molecule has 1 aromatic carbocycles. The molecule has 0 atom stereocenters. The number of non-ortho nitro benzene ring substituents is 1. The van der Waals surface area contributed by atoms with Gasteiger partial charge in [0.15, 0.2) is 0 Å². The van der Waals surface area contributed by atoms with Crippen molar-refractivity contribution in [2.24, 2.45) is 5.10 Å². The van der Waals surface area contributed by atoms with Crippen LogP contribution in [0, 0.1) is 20.2 Å². The highest BCUT2D eigenvalue weighted by Crippen LogP contribution is 2.28. The fourth-order valence-corrected chi connectivity index (χ4v) is 1.48. The van der Waals surface area contributed by atoms with Gasteiger partial charge < -0.3 is 9.47 Å². The van der Waals surface area contributed by atoms with Gasteiger partial charge in [-0.1, -0.05) is 6.58 Å². The Bertz CT molecular complexity index is 616. The van der Waals surface area contributed by atoms with Gasteiger partial charge in [0.1, 0.15) is 12.5 Å². The predicted molar refractivity (Wildman–Crippen MR) is 83.5 cm³/mol. The molecule has 23 heavy (non-hydrogen) atoms. The van der Waals surface area contributed by atoms with E-state index in [9.17, 15) is 20.2 Å². The third-order valence-corrected chi connectivity index (χ3v) is 2.59. The molecule has 0 bridgehead atoms. The number of rotatable bonds is 10. The maximum atomic E-state index is 10.9. The zero-order valence-electron chi connectivity index (χ0n) is 12.4. The summed E-state index contributed by atoms with van der Waals surface area (Å²) in [6.07, 6.45) is 1.90. The van der Waals surface area contributed by atoms with Crippen LogP contribution in [-0.4, -0.2) is 36.6 Å². The molecular formula is C13H16N4O6. The third-order valence-electron chi connectivity index (χ3n) is 2.59. The van der Waals surface area contributed by atoms with Crippen molar-refractivity contribution < 1.29 is 19.3 Å². The minimum absolute atomic E-state index is 0.0419. The van der Waals surface area contributed by atoms with Crippen LogP contribution < -0.4 is 5.43 Å². The Morgan fingerprint density at radius 1 is 1.39 bits per heavy atom. The lowest BCUT2D eigenvalue weighted by Gasteiger charge is -2.03. The second-order valence-electron chi connectivity index (χ2n) is 4.31. The van der Waals surface area contributed by atoms with Crippen LogP contribution in [0.3, 0.4) is 0 Å². The van der Waals surface area contributed by atoms with Gasteiger partial charge in [-0.3, -0.25) is 25.7 Å². The molecule has 10 heteroatoms. The van der Waals surface area contributed by atoms with Crippen LogP contribution in [-0.2, 0) is 9.47 Å². The summed E-state index contributed by atoms with van der Waals surface area (Å²) < 4.78 is 9.80. The van der Waals surface area contributed by atoms with Gasteiger partial charge in [0.25, 0.3) is 5.69 Å². The molecule has 0 amide bonds. The number of nitro benzene ring substituents is 2. The van der Waals surface area contributed by atoms with Gasteiger partial charge >= 0.3 is 5.69 Å². The molecule has 1 rings (SSSR count). The number of nitrogens with zero attached hydrogens (tertiary/aromatic N) is 3. The van der Waals surface area contributed by atoms with E-state index in [1.807, 2.05) is 0 Å². The van der Waals surface area contributed by atoms with Crippen LogP contribution in [0.4, 0.5) is 17.1 Å². The average Bonchev–Trinajstić information content (AvgIpc) is 2.51. The summed E-state index contributed by atoms with van der Waals surface area (Å²) in [6.45, 7) is 4.32. The van der Waals surface area contributed by atoms with Gasteiger partial charge in [-0.25, -0.2) is 0 Å². The van der Waals surface area contributed by atoms with Crippen molar-refractivity contribution in [2.75, 3.05) is 25.9 Å². The van der Waals surface area contributed by atoms with Crippen molar-refractivity contribution in [1.82, 2.24) is 0 Å². The van der Waals surface area contributed by atoms with E-state index in [1.165, 1.54) is 19.4 Å². The molecule has 0 saturated carbocycles. The largest absolute Gasteiger partial charge is 0.359 e. The first-order chi connectivity index (χ1) is 11.0. The summed E-state index contributed by atoms with van der Waals surface area (Å²) >= 11 is 0. The molecule has 0 heterocycles. The van der Waals surface area contributed by atoms with Crippen molar-refractivity contribution in [2.45, 2.75) is 6.42 Å². The van der Waals surface area contributed by atoms with E-state index in [1.54, 1.807) is 0 Å². The van der Waals surface area contributed by atoms with E-state index in [0.717, 1.165) is 12.1 Å². The van der Waals surface area contributed by atoms with Gasteiger partial charge in [0.05, 0.1) is 22.5 Å². The molecule has 10 nitrogen and oxygen atoms in total. The topological polar surface area (TPSA) is 129 Å². The number of anilines is 1. The zero-order valence-corrected chi connectivity index (χ0v) is 12.4. The standard InChI is InChI=1S/C13H16N4O6/c1-10(5-6-23-9-22-2)8-14-15-12-4-3-11(16(18)19)7-13(12)17(20)21/h3-4,7-8,15H,1,5-6,9H2,2H3/b14-8-. The lowest BCUT2D eigenvalue weighted by Crippen LogP contribution is -2.01. The highest BCUT2D eigenvalue weighted by atomic mass is 16.7. The minimum Gasteiger partial charge on any atom is -0.359 e. The maximum absolute atomic E-state index is 10.9. The quantitative estimate of drug-likeness (QED) is 0.230. The first-order valence-electron chi connectivity index (χ1n) is 6.42. The molecule has 0 radical (unpaired) electrons. The maximum Gasteiger partial charge on any atom is 0.301 e. The van der Waals surface area contributed by atoms with Crippen molar-refractivity contribution >= 4 is 23.3 Å². The SMILES string of the molecule is C=C(/C=N\Nc1ccc([N+](=O)[O-])cc1[N+](=O)[O-])CCOCOC. The summed E-state index contributed by atoms with van der Waals surface area (Å²) in [4.78, 5) is 20.1. The van der Waals surface area contributed by atoms with Crippen LogP contribution in [0.1, 0.15) is 6.42 Å². The van der Waals surface area contributed by atoms with Crippen LogP contribution in [0.5, 0.6) is 0 Å². The Kier molecular flexibility index (Phi) is 7.30. The predicted octanol–water partition coefficient (Wildman–Crippen LogP) is 2.47. The molecule has 0 aliphatic carbocycles. The summed E-state index contributed by atoms with van der Waals surface area (Å²) in [5, 5.41) is 25.4. The van der Waals surface area contributed by atoms with E-state index < -0.39 is 15.5 Å². The molecule has 0 aliphatic heterocycles. The highest BCUT2D eigenvalue weighted by molar-refractivity contribution is 5.78. The summed E-state index contributed by atoms with van der Waals surface area (Å²) in [7, 11) is 1.51. The van der Waals surface area contributed by atoms with Crippen LogP contribution in [0.2, 0.25) is 0 Å². The Hall–Kier alpha value is -2.85. The lowest BCUT2D eigenvalue weighted by molar-refractivity contribution is -0.393. The van der Waals surface area contributed by atoms with Crippen LogP contribution in [0.15, 0.2) is 35.5 Å². The van der Waals surface area contributed by atoms with Crippen molar-refractivity contribution in [3.63, 3.8) is 0 Å². The van der Waals surface area contributed by atoms with E-state index >= 15 is 0 Å². The fraction of sp³-hybridized carbons (Fsp3) is 0.308. The van der Waals surface area contributed by atoms with Crippen molar-refractivity contribution in [1.29, 1.82) is 0 Å². The molecule has 0 spiro atoms. The van der Waals surface area contributed by atoms with Gasteiger partial charge in [0, 0.05) is 19.4 Å². The molecule has 0 saturated heterocycles. The van der Waals surface area contributed by atoms with Gasteiger partial charge in [0.2, 0.25) is 0 Å². The number of benzene rings is 1. The van der Waals surface area contributed by atoms with E-state index in [-0.39, 0.29) is 18.2 Å². The van der Waals surface area contributed by atoms with E-state index in [2.05, 4.69) is 17.1 Å². The Morgan fingerprint density at radius 2 is 2.13 bits per heavy atom. The molecular weight excluding hydrogens is 308 g/mol. The van der Waals surface area contributed by atoms with Gasteiger partial charge in [-0.2, -0.15) is 5.10 Å². The molecule has 124 valence electrons. The van der Waals surface area contributed by atoms with Gasteiger partial charge in [-0.05, 0) is 18.1 Å². The monoisotopic (exact) mass is 324 g/mol. The normalized spacial score (nSPS) is 10.7. The molecule has 1 N–H and O–H groups in total. The van der Waals surface area contributed by atoms with Gasteiger partial charge in [-0.15, -0.1) is 0 Å². The minimum atomic E-state index is -0.724.